The maximum atomic E-state index is 11.1. The van der Waals surface area contributed by atoms with Gasteiger partial charge >= 0.3 is 5.69 Å². The minimum atomic E-state index is -0.484. The fraction of sp³-hybridized carbons (Fsp3) is 0.667. The molecule has 0 radical (unpaired) electrons. The van der Waals surface area contributed by atoms with Gasteiger partial charge in [-0.3, -0.25) is 10.1 Å². The van der Waals surface area contributed by atoms with E-state index in [1.54, 1.807) is 0 Å². The zero-order chi connectivity index (χ0) is 14.7. The van der Waals surface area contributed by atoms with Crippen LogP contribution in [0.4, 0.5) is 17.5 Å². The molecule has 8 nitrogen and oxygen atoms in total. The zero-order valence-corrected chi connectivity index (χ0v) is 11.6. The average molecular weight is 281 g/mol. The van der Waals surface area contributed by atoms with Gasteiger partial charge in [0.15, 0.2) is 0 Å². The Balaban J connectivity index is 2.41. The van der Waals surface area contributed by atoms with Crippen molar-refractivity contribution in [3.05, 3.63) is 16.3 Å². The van der Waals surface area contributed by atoms with Crippen LogP contribution in [-0.4, -0.2) is 45.7 Å². The second-order valence-corrected chi connectivity index (χ2v) is 4.90. The SMILES string of the molecule is CCNc1ncc([N+](=O)[O-])c(N2CCC(C)C2CO)n1. The summed E-state index contributed by atoms with van der Waals surface area (Å²) in [7, 11) is 0. The number of aliphatic hydroxyl groups is 1. The monoisotopic (exact) mass is 281 g/mol. The van der Waals surface area contributed by atoms with Crippen LogP contribution in [0.1, 0.15) is 20.3 Å². The molecule has 0 aliphatic carbocycles. The molecule has 110 valence electrons. The molecule has 0 amide bonds. The van der Waals surface area contributed by atoms with Crippen molar-refractivity contribution < 1.29 is 10.0 Å². The fourth-order valence-electron chi connectivity index (χ4n) is 2.50. The van der Waals surface area contributed by atoms with Crippen LogP contribution in [0.25, 0.3) is 0 Å². The molecule has 0 spiro atoms. The van der Waals surface area contributed by atoms with Crippen molar-refractivity contribution in [2.24, 2.45) is 5.92 Å². The predicted molar refractivity (Wildman–Crippen MR) is 74.9 cm³/mol. The van der Waals surface area contributed by atoms with E-state index in [-0.39, 0.29) is 30.1 Å². The molecular formula is C12H19N5O3. The highest BCUT2D eigenvalue weighted by molar-refractivity contribution is 5.60. The number of nitrogens with zero attached hydrogens (tertiary/aromatic N) is 4. The van der Waals surface area contributed by atoms with Crippen LogP contribution in [0, 0.1) is 16.0 Å². The van der Waals surface area contributed by atoms with E-state index >= 15 is 0 Å². The van der Waals surface area contributed by atoms with Crippen LogP contribution in [0.3, 0.4) is 0 Å². The lowest BCUT2D eigenvalue weighted by atomic mass is 10.0. The standard InChI is InChI=1S/C12H19N5O3/c1-3-13-12-14-6-9(17(19)20)11(15-12)16-5-4-8(2)10(16)7-18/h6,8,10,18H,3-5,7H2,1-2H3,(H,13,14,15). The van der Waals surface area contributed by atoms with Gasteiger partial charge in [-0.05, 0) is 19.3 Å². The Morgan fingerprint density at radius 2 is 2.40 bits per heavy atom. The fourth-order valence-corrected chi connectivity index (χ4v) is 2.50. The molecule has 2 N–H and O–H groups in total. The molecule has 1 aliphatic rings. The second kappa shape index (κ2) is 6.00. The van der Waals surface area contributed by atoms with Gasteiger partial charge in [0.05, 0.1) is 17.6 Å². The molecule has 1 saturated heterocycles. The van der Waals surface area contributed by atoms with Gasteiger partial charge in [0.25, 0.3) is 0 Å². The van der Waals surface area contributed by atoms with Gasteiger partial charge in [0, 0.05) is 13.1 Å². The van der Waals surface area contributed by atoms with Crippen molar-refractivity contribution in [2.75, 3.05) is 29.9 Å². The van der Waals surface area contributed by atoms with E-state index in [2.05, 4.69) is 15.3 Å². The molecule has 1 aromatic rings. The largest absolute Gasteiger partial charge is 0.394 e. The molecule has 0 bridgehead atoms. The minimum Gasteiger partial charge on any atom is -0.394 e. The normalized spacial score (nSPS) is 22.1. The molecule has 1 aromatic heterocycles. The maximum absolute atomic E-state index is 11.1. The van der Waals surface area contributed by atoms with Gasteiger partial charge in [-0.25, -0.2) is 4.98 Å². The van der Waals surface area contributed by atoms with Crippen LogP contribution in [0.5, 0.6) is 0 Å². The van der Waals surface area contributed by atoms with E-state index in [0.29, 0.717) is 19.0 Å². The first kappa shape index (κ1) is 14.4. The molecule has 20 heavy (non-hydrogen) atoms. The number of rotatable bonds is 5. The summed E-state index contributed by atoms with van der Waals surface area (Å²) in [6, 6.07) is -0.141. The summed E-state index contributed by atoms with van der Waals surface area (Å²) in [4.78, 5) is 20.7. The molecule has 2 rings (SSSR count). The first-order valence-corrected chi connectivity index (χ1v) is 6.71. The number of nitro groups is 1. The highest BCUT2D eigenvalue weighted by Crippen LogP contribution is 2.34. The van der Waals surface area contributed by atoms with Gasteiger partial charge in [-0.2, -0.15) is 4.98 Å². The zero-order valence-electron chi connectivity index (χ0n) is 11.6. The van der Waals surface area contributed by atoms with Crippen molar-refractivity contribution in [3.63, 3.8) is 0 Å². The Morgan fingerprint density at radius 3 is 3.00 bits per heavy atom. The van der Waals surface area contributed by atoms with Crippen LogP contribution >= 0.6 is 0 Å². The lowest BCUT2D eigenvalue weighted by molar-refractivity contribution is -0.384. The quantitative estimate of drug-likeness (QED) is 0.613. The first-order valence-electron chi connectivity index (χ1n) is 6.71. The number of hydrogen-bond acceptors (Lipinski definition) is 7. The van der Waals surface area contributed by atoms with E-state index in [0.717, 1.165) is 6.42 Å². The number of aliphatic hydroxyl groups excluding tert-OH is 1. The number of nitrogens with one attached hydrogen (secondary N) is 1. The summed E-state index contributed by atoms with van der Waals surface area (Å²) < 4.78 is 0. The summed E-state index contributed by atoms with van der Waals surface area (Å²) in [5.74, 6) is 0.922. The van der Waals surface area contributed by atoms with E-state index in [1.165, 1.54) is 6.20 Å². The Morgan fingerprint density at radius 1 is 1.65 bits per heavy atom. The Kier molecular flexibility index (Phi) is 4.33. The number of anilines is 2. The molecule has 1 fully saturated rings. The molecule has 2 unspecified atom stereocenters. The lowest BCUT2D eigenvalue weighted by Crippen LogP contribution is -2.36. The van der Waals surface area contributed by atoms with E-state index < -0.39 is 4.92 Å². The van der Waals surface area contributed by atoms with E-state index in [9.17, 15) is 15.2 Å². The summed E-state index contributed by atoms with van der Waals surface area (Å²) >= 11 is 0. The second-order valence-electron chi connectivity index (χ2n) is 4.90. The molecule has 0 aromatic carbocycles. The molecule has 8 heteroatoms. The first-order chi connectivity index (χ1) is 9.58. The summed E-state index contributed by atoms with van der Waals surface area (Å²) in [6.45, 7) is 5.17. The minimum absolute atomic E-state index is 0.0428. The Bertz CT molecular complexity index is 496. The third kappa shape index (κ3) is 2.64. The van der Waals surface area contributed by atoms with Gasteiger partial charge in [-0.1, -0.05) is 6.92 Å². The molecule has 2 heterocycles. The number of aromatic nitrogens is 2. The maximum Gasteiger partial charge on any atom is 0.329 e. The van der Waals surface area contributed by atoms with Crippen molar-refractivity contribution in [1.82, 2.24) is 9.97 Å². The van der Waals surface area contributed by atoms with Crippen LogP contribution < -0.4 is 10.2 Å². The third-order valence-electron chi connectivity index (χ3n) is 3.62. The Labute approximate surface area is 117 Å². The topological polar surface area (TPSA) is 104 Å². The summed E-state index contributed by atoms with van der Waals surface area (Å²) in [5.41, 5.74) is -0.126. The molecule has 1 aliphatic heterocycles. The van der Waals surface area contributed by atoms with Crippen molar-refractivity contribution in [1.29, 1.82) is 0 Å². The molecule has 2 atom stereocenters. The van der Waals surface area contributed by atoms with Gasteiger partial charge in [0.1, 0.15) is 6.20 Å². The highest BCUT2D eigenvalue weighted by atomic mass is 16.6. The smallest absolute Gasteiger partial charge is 0.329 e. The van der Waals surface area contributed by atoms with Crippen LogP contribution in [-0.2, 0) is 0 Å². The third-order valence-corrected chi connectivity index (χ3v) is 3.62. The van der Waals surface area contributed by atoms with Crippen molar-refractivity contribution in [2.45, 2.75) is 26.3 Å². The van der Waals surface area contributed by atoms with Crippen molar-refractivity contribution in [3.8, 4) is 0 Å². The van der Waals surface area contributed by atoms with E-state index in [1.807, 2.05) is 18.7 Å². The number of hydrogen-bond donors (Lipinski definition) is 2. The lowest BCUT2D eigenvalue weighted by Gasteiger charge is -2.25. The Hall–Kier alpha value is -1.96. The summed E-state index contributed by atoms with van der Waals surface area (Å²) in [6.07, 6.45) is 2.10. The van der Waals surface area contributed by atoms with E-state index in [4.69, 9.17) is 0 Å². The summed E-state index contributed by atoms with van der Waals surface area (Å²) in [5, 5.41) is 23.6. The molecular weight excluding hydrogens is 262 g/mol. The molecule has 0 saturated carbocycles. The van der Waals surface area contributed by atoms with Crippen LogP contribution in [0.2, 0.25) is 0 Å². The van der Waals surface area contributed by atoms with Crippen molar-refractivity contribution >= 4 is 17.5 Å². The average Bonchev–Trinajstić information content (AvgIpc) is 2.79. The van der Waals surface area contributed by atoms with Gasteiger partial charge in [-0.15, -0.1) is 0 Å². The van der Waals surface area contributed by atoms with Gasteiger partial charge in [0.2, 0.25) is 11.8 Å². The predicted octanol–water partition coefficient (Wildman–Crippen LogP) is 1.02. The highest BCUT2D eigenvalue weighted by Gasteiger charge is 2.35. The van der Waals surface area contributed by atoms with Crippen LogP contribution in [0.15, 0.2) is 6.20 Å². The van der Waals surface area contributed by atoms with Gasteiger partial charge < -0.3 is 15.3 Å².